The van der Waals surface area contributed by atoms with E-state index in [-0.39, 0.29) is 24.0 Å². The summed E-state index contributed by atoms with van der Waals surface area (Å²) in [5, 5.41) is 19.8. The lowest BCUT2D eigenvalue weighted by Gasteiger charge is -2.09. The molecule has 0 fully saturated rings. The first-order chi connectivity index (χ1) is 8.16. The van der Waals surface area contributed by atoms with Gasteiger partial charge in [0.25, 0.3) is 0 Å². The van der Waals surface area contributed by atoms with E-state index < -0.39 is 0 Å². The summed E-state index contributed by atoms with van der Waals surface area (Å²) in [7, 11) is 0. The van der Waals surface area contributed by atoms with Crippen LogP contribution in [0, 0.1) is 5.41 Å². The molecule has 1 aromatic carbocycles. The number of anilines is 2. The Kier molecular flexibility index (Phi) is 4.51. The topological polar surface area (TPSA) is 95.0 Å². The molecule has 0 amide bonds. The van der Waals surface area contributed by atoms with Crippen LogP contribution in [0.25, 0.3) is 0 Å². The quantitative estimate of drug-likeness (QED) is 0.505. The van der Waals surface area contributed by atoms with E-state index in [1.807, 2.05) is 0 Å². The fraction of sp³-hybridized carbons (Fsp3) is 0. The van der Waals surface area contributed by atoms with Gasteiger partial charge in [0.2, 0.25) is 0 Å². The molecule has 18 heavy (non-hydrogen) atoms. The summed E-state index contributed by atoms with van der Waals surface area (Å²) < 4.78 is 0. The van der Waals surface area contributed by atoms with Crippen molar-refractivity contribution >= 4 is 29.7 Å². The fourth-order valence-corrected chi connectivity index (χ4v) is 1.44. The number of hydrogen-bond acceptors (Lipinski definition) is 4. The van der Waals surface area contributed by atoms with E-state index in [9.17, 15) is 5.11 Å². The molecule has 94 valence electrons. The van der Waals surface area contributed by atoms with Crippen LogP contribution >= 0.6 is 12.4 Å². The Morgan fingerprint density at radius 1 is 1.28 bits per heavy atom. The highest BCUT2D eigenvalue weighted by molar-refractivity contribution is 5.99. The molecule has 1 heterocycles. The summed E-state index contributed by atoms with van der Waals surface area (Å²) in [6.45, 7) is 0. The molecule has 0 atom stereocenters. The Hall–Kier alpha value is -2.27. The van der Waals surface area contributed by atoms with Gasteiger partial charge < -0.3 is 16.2 Å². The normalized spacial score (nSPS) is 9.33. The van der Waals surface area contributed by atoms with E-state index >= 15 is 0 Å². The number of hydrogen-bond donors (Lipinski definition) is 4. The van der Waals surface area contributed by atoms with Gasteiger partial charge in [0.1, 0.15) is 17.4 Å². The van der Waals surface area contributed by atoms with Gasteiger partial charge in [-0.25, -0.2) is 4.98 Å². The molecule has 0 saturated carbocycles. The molecule has 0 aliphatic carbocycles. The first kappa shape index (κ1) is 13.8. The number of nitrogens with zero attached hydrogens (tertiary/aromatic N) is 1. The minimum absolute atomic E-state index is 0. The molecule has 1 aromatic heterocycles. The maximum Gasteiger partial charge on any atom is 0.141 e. The van der Waals surface area contributed by atoms with Gasteiger partial charge in [-0.15, -0.1) is 12.4 Å². The molecule has 6 heteroatoms. The van der Waals surface area contributed by atoms with Crippen LogP contribution in [0.2, 0.25) is 0 Å². The lowest BCUT2D eigenvalue weighted by atomic mass is 10.2. The van der Waals surface area contributed by atoms with Gasteiger partial charge in [0, 0.05) is 18.0 Å². The third kappa shape index (κ3) is 3.11. The van der Waals surface area contributed by atoms with Crippen LogP contribution in [0.1, 0.15) is 5.56 Å². The van der Waals surface area contributed by atoms with E-state index in [4.69, 9.17) is 11.1 Å². The highest BCUT2D eigenvalue weighted by Crippen LogP contribution is 2.21. The number of aromatic nitrogens is 1. The molecule has 0 aliphatic rings. The molecule has 0 unspecified atom stereocenters. The summed E-state index contributed by atoms with van der Waals surface area (Å²) in [6.07, 6.45) is 1.61. The van der Waals surface area contributed by atoms with Crippen molar-refractivity contribution in [2.24, 2.45) is 5.73 Å². The van der Waals surface area contributed by atoms with E-state index in [1.54, 1.807) is 42.6 Å². The summed E-state index contributed by atoms with van der Waals surface area (Å²) in [5.41, 5.74) is 6.66. The molecular weight excluding hydrogens is 252 g/mol. The Morgan fingerprint density at radius 2 is 2.06 bits per heavy atom. The lowest BCUT2D eigenvalue weighted by molar-refractivity contribution is 0.475. The van der Waals surface area contributed by atoms with Crippen molar-refractivity contribution in [3.63, 3.8) is 0 Å². The Labute approximate surface area is 111 Å². The Balaban J connectivity index is 0.00000162. The molecule has 0 radical (unpaired) electrons. The first-order valence-corrected chi connectivity index (χ1v) is 5.02. The molecule has 5 nitrogen and oxygen atoms in total. The van der Waals surface area contributed by atoms with Gasteiger partial charge >= 0.3 is 0 Å². The number of nitrogens with two attached hydrogens (primary N) is 1. The second-order valence-corrected chi connectivity index (χ2v) is 3.49. The maximum absolute atomic E-state index is 9.34. The van der Waals surface area contributed by atoms with Gasteiger partial charge in [-0.1, -0.05) is 6.07 Å². The third-order valence-electron chi connectivity index (χ3n) is 2.21. The van der Waals surface area contributed by atoms with Crippen molar-refractivity contribution in [1.29, 1.82) is 5.41 Å². The van der Waals surface area contributed by atoms with Crippen molar-refractivity contribution in [3.8, 4) is 5.75 Å². The summed E-state index contributed by atoms with van der Waals surface area (Å²) in [5.74, 6) is 0.599. The molecule has 0 aliphatic heterocycles. The molecule has 0 saturated heterocycles. The number of aromatic hydroxyl groups is 1. The molecular formula is C12H13ClN4O. The molecule has 0 spiro atoms. The molecule has 0 bridgehead atoms. The van der Waals surface area contributed by atoms with Crippen LogP contribution in [0.4, 0.5) is 11.5 Å². The zero-order valence-electron chi connectivity index (χ0n) is 9.42. The Bertz CT molecular complexity index is 559. The van der Waals surface area contributed by atoms with Gasteiger partial charge in [-0.05, 0) is 24.3 Å². The third-order valence-corrected chi connectivity index (χ3v) is 2.21. The average Bonchev–Trinajstić information content (AvgIpc) is 2.29. The molecule has 2 rings (SSSR count). The number of amidine groups is 1. The zero-order valence-corrected chi connectivity index (χ0v) is 10.2. The van der Waals surface area contributed by atoms with Crippen molar-refractivity contribution < 1.29 is 5.11 Å². The van der Waals surface area contributed by atoms with Crippen molar-refractivity contribution in [3.05, 3.63) is 48.2 Å². The van der Waals surface area contributed by atoms with Crippen molar-refractivity contribution in [2.45, 2.75) is 0 Å². The number of phenols is 1. The number of phenolic OH excluding ortho intramolecular Hbond substituents is 1. The largest absolute Gasteiger partial charge is 0.508 e. The number of rotatable bonds is 3. The predicted octanol–water partition coefficient (Wildman–Crippen LogP) is 2.24. The standard InChI is InChI=1S/C12H12N4O.ClH/c13-11(14)10-5-2-6-15-12(10)16-8-3-1-4-9(17)7-8;/h1-7,17H,(H3,13,14)(H,15,16);1H. The zero-order chi connectivity index (χ0) is 12.3. The lowest BCUT2D eigenvalue weighted by Crippen LogP contribution is -2.14. The van der Waals surface area contributed by atoms with E-state index in [1.165, 1.54) is 0 Å². The van der Waals surface area contributed by atoms with Crippen LogP contribution in [0.15, 0.2) is 42.6 Å². The van der Waals surface area contributed by atoms with Crippen LogP contribution in [-0.2, 0) is 0 Å². The minimum atomic E-state index is -0.0549. The van der Waals surface area contributed by atoms with Crippen LogP contribution in [0.3, 0.4) is 0 Å². The minimum Gasteiger partial charge on any atom is -0.508 e. The summed E-state index contributed by atoms with van der Waals surface area (Å²) >= 11 is 0. The second-order valence-electron chi connectivity index (χ2n) is 3.49. The van der Waals surface area contributed by atoms with Crippen LogP contribution < -0.4 is 11.1 Å². The number of pyridine rings is 1. The first-order valence-electron chi connectivity index (χ1n) is 5.02. The molecule has 5 N–H and O–H groups in total. The van der Waals surface area contributed by atoms with Gasteiger partial charge in [-0.3, -0.25) is 5.41 Å². The smallest absolute Gasteiger partial charge is 0.141 e. The highest BCUT2D eigenvalue weighted by atomic mass is 35.5. The number of nitrogen functional groups attached to an aromatic ring is 1. The van der Waals surface area contributed by atoms with Gasteiger partial charge in [-0.2, -0.15) is 0 Å². The predicted molar refractivity (Wildman–Crippen MR) is 73.9 cm³/mol. The number of nitrogens with one attached hydrogen (secondary N) is 2. The van der Waals surface area contributed by atoms with Crippen LogP contribution in [0.5, 0.6) is 5.75 Å². The Morgan fingerprint density at radius 3 is 2.72 bits per heavy atom. The van der Waals surface area contributed by atoms with E-state index in [0.29, 0.717) is 17.1 Å². The van der Waals surface area contributed by atoms with Crippen molar-refractivity contribution in [1.82, 2.24) is 4.98 Å². The van der Waals surface area contributed by atoms with Crippen molar-refractivity contribution in [2.75, 3.05) is 5.32 Å². The average molecular weight is 265 g/mol. The van der Waals surface area contributed by atoms with Crippen LogP contribution in [-0.4, -0.2) is 15.9 Å². The monoisotopic (exact) mass is 264 g/mol. The van der Waals surface area contributed by atoms with Gasteiger partial charge in [0.05, 0.1) is 5.56 Å². The van der Waals surface area contributed by atoms with Gasteiger partial charge in [0.15, 0.2) is 0 Å². The number of benzene rings is 1. The number of halogens is 1. The maximum atomic E-state index is 9.34. The highest BCUT2D eigenvalue weighted by Gasteiger charge is 2.06. The summed E-state index contributed by atoms with van der Waals surface area (Å²) in [6, 6.07) is 10.1. The summed E-state index contributed by atoms with van der Waals surface area (Å²) in [4.78, 5) is 4.11. The van der Waals surface area contributed by atoms with E-state index in [2.05, 4.69) is 10.3 Å². The second kappa shape index (κ2) is 5.88. The fourth-order valence-electron chi connectivity index (χ4n) is 1.44. The molecule has 2 aromatic rings. The van der Waals surface area contributed by atoms with E-state index in [0.717, 1.165) is 0 Å². The SMILES string of the molecule is Cl.N=C(N)c1cccnc1Nc1cccc(O)c1.